The van der Waals surface area contributed by atoms with E-state index in [1.165, 1.54) is 39.0 Å². The lowest BCUT2D eigenvalue weighted by atomic mass is 9.97. The molecule has 0 heterocycles. The second-order valence-electron chi connectivity index (χ2n) is 4.52. The molecular formula is C12H22N2O2. The van der Waals surface area contributed by atoms with Crippen LogP contribution in [0, 0.1) is 0 Å². The Morgan fingerprint density at radius 3 is 2.19 bits per heavy atom. The van der Waals surface area contributed by atoms with Crippen LogP contribution >= 0.6 is 0 Å². The van der Waals surface area contributed by atoms with Crippen molar-refractivity contribution in [2.24, 2.45) is 0 Å². The third-order valence-electron chi connectivity index (χ3n) is 2.97. The van der Waals surface area contributed by atoms with Crippen molar-refractivity contribution in [3.8, 4) is 0 Å². The summed E-state index contributed by atoms with van der Waals surface area (Å²) in [6.45, 7) is 1.52. The minimum Gasteiger partial charge on any atom is -0.352 e. The quantitative estimate of drug-likeness (QED) is 0.763. The summed E-state index contributed by atoms with van der Waals surface area (Å²) in [6, 6.07) is 0.307. The van der Waals surface area contributed by atoms with E-state index in [1.807, 2.05) is 0 Å². The number of carbonyl (C=O) groups excluding carboxylic acids is 2. The molecule has 92 valence electrons. The molecule has 2 N–H and O–H groups in total. The normalized spacial score (nSPS) is 18.3. The fourth-order valence-corrected chi connectivity index (χ4v) is 2.08. The zero-order valence-corrected chi connectivity index (χ0v) is 10.1. The lowest BCUT2D eigenvalue weighted by Crippen LogP contribution is -2.41. The third kappa shape index (κ3) is 5.73. The second-order valence-corrected chi connectivity index (χ2v) is 4.52. The van der Waals surface area contributed by atoms with Crippen molar-refractivity contribution in [1.29, 1.82) is 0 Å². The maximum absolute atomic E-state index is 11.5. The molecular weight excluding hydrogens is 204 g/mol. The van der Waals surface area contributed by atoms with Crippen LogP contribution in [0.15, 0.2) is 0 Å². The lowest BCUT2D eigenvalue weighted by Gasteiger charge is -2.21. The van der Waals surface area contributed by atoms with Crippen LogP contribution in [-0.4, -0.2) is 24.4 Å². The van der Waals surface area contributed by atoms with Crippen molar-refractivity contribution >= 4 is 11.8 Å². The molecule has 1 saturated carbocycles. The van der Waals surface area contributed by atoms with Crippen LogP contribution in [0.1, 0.15) is 51.9 Å². The molecule has 4 heteroatoms. The first-order valence-corrected chi connectivity index (χ1v) is 6.22. The van der Waals surface area contributed by atoms with Crippen LogP contribution in [0.3, 0.4) is 0 Å². The number of hydrogen-bond acceptors (Lipinski definition) is 2. The van der Waals surface area contributed by atoms with Crippen LogP contribution in [0.5, 0.6) is 0 Å². The Morgan fingerprint density at radius 1 is 1.06 bits per heavy atom. The average Bonchev–Trinajstić information content (AvgIpc) is 2.19. The molecule has 0 aliphatic heterocycles. The standard InChI is InChI=1S/C12H22N2O2/c1-10(15)13-9-12(16)14-11-7-5-3-2-4-6-8-11/h11H,2-9H2,1H3,(H,13,15)(H,14,16). The van der Waals surface area contributed by atoms with Gasteiger partial charge in [0.15, 0.2) is 0 Å². The minimum atomic E-state index is -0.159. The van der Waals surface area contributed by atoms with Gasteiger partial charge in [-0.2, -0.15) is 0 Å². The number of hydrogen-bond donors (Lipinski definition) is 2. The molecule has 1 rings (SSSR count). The van der Waals surface area contributed by atoms with Crippen molar-refractivity contribution in [1.82, 2.24) is 10.6 Å². The first-order valence-electron chi connectivity index (χ1n) is 6.22. The molecule has 0 atom stereocenters. The molecule has 0 spiro atoms. The SMILES string of the molecule is CC(=O)NCC(=O)NC1CCCCCCC1. The highest BCUT2D eigenvalue weighted by Crippen LogP contribution is 2.16. The van der Waals surface area contributed by atoms with Crippen LogP contribution in [0.2, 0.25) is 0 Å². The Kier molecular flexibility index (Phi) is 5.90. The first-order chi connectivity index (χ1) is 7.68. The van der Waals surface area contributed by atoms with Crippen molar-refractivity contribution in [2.45, 2.75) is 57.9 Å². The average molecular weight is 226 g/mol. The summed E-state index contributed by atoms with van der Waals surface area (Å²) in [5.74, 6) is -0.228. The van der Waals surface area contributed by atoms with Gasteiger partial charge in [-0.15, -0.1) is 0 Å². The number of amides is 2. The van der Waals surface area contributed by atoms with Gasteiger partial charge in [0.1, 0.15) is 0 Å². The molecule has 0 aromatic carbocycles. The predicted molar refractivity (Wildman–Crippen MR) is 62.9 cm³/mol. The Morgan fingerprint density at radius 2 is 1.62 bits per heavy atom. The topological polar surface area (TPSA) is 58.2 Å². The van der Waals surface area contributed by atoms with E-state index in [0.717, 1.165) is 12.8 Å². The molecule has 2 amide bonds. The van der Waals surface area contributed by atoms with E-state index in [1.54, 1.807) is 0 Å². The van der Waals surface area contributed by atoms with Crippen molar-refractivity contribution in [3.05, 3.63) is 0 Å². The molecule has 0 bridgehead atoms. The van der Waals surface area contributed by atoms with E-state index >= 15 is 0 Å². The number of carbonyl (C=O) groups is 2. The highest BCUT2D eigenvalue weighted by molar-refractivity contribution is 5.83. The highest BCUT2D eigenvalue weighted by atomic mass is 16.2. The Balaban J connectivity index is 2.22. The molecule has 4 nitrogen and oxygen atoms in total. The Bertz CT molecular complexity index is 233. The number of rotatable bonds is 3. The first kappa shape index (κ1) is 13.0. The van der Waals surface area contributed by atoms with Gasteiger partial charge in [0, 0.05) is 13.0 Å². The van der Waals surface area contributed by atoms with Crippen LogP contribution < -0.4 is 10.6 Å². The second kappa shape index (κ2) is 7.25. The summed E-state index contributed by atoms with van der Waals surface area (Å²) in [5, 5.41) is 5.50. The predicted octanol–water partition coefficient (Wildman–Crippen LogP) is 1.35. The molecule has 0 unspecified atom stereocenters. The van der Waals surface area contributed by atoms with Gasteiger partial charge in [-0.25, -0.2) is 0 Å². The molecule has 1 aliphatic rings. The number of nitrogens with one attached hydrogen (secondary N) is 2. The minimum absolute atomic E-state index is 0.0687. The van der Waals surface area contributed by atoms with Gasteiger partial charge in [-0.3, -0.25) is 9.59 Å². The summed E-state index contributed by atoms with van der Waals surface area (Å²) in [7, 11) is 0. The fourth-order valence-electron chi connectivity index (χ4n) is 2.08. The van der Waals surface area contributed by atoms with Gasteiger partial charge >= 0.3 is 0 Å². The van der Waals surface area contributed by atoms with Crippen molar-refractivity contribution < 1.29 is 9.59 Å². The summed E-state index contributed by atoms with van der Waals surface area (Å²) in [4.78, 5) is 22.1. The maximum Gasteiger partial charge on any atom is 0.239 e. The van der Waals surface area contributed by atoms with Gasteiger partial charge in [-0.05, 0) is 12.8 Å². The van der Waals surface area contributed by atoms with Crippen LogP contribution in [0.4, 0.5) is 0 Å². The van der Waals surface area contributed by atoms with Gasteiger partial charge in [0.05, 0.1) is 6.54 Å². The van der Waals surface area contributed by atoms with E-state index in [2.05, 4.69) is 10.6 Å². The molecule has 0 radical (unpaired) electrons. The van der Waals surface area contributed by atoms with Crippen LogP contribution in [-0.2, 0) is 9.59 Å². The summed E-state index contributed by atoms with van der Waals surface area (Å²) < 4.78 is 0. The maximum atomic E-state index is 11.5. The molecule has 0 aromatic rings. The van der Waals surface area contributed by atoms with Crippen LogP contribution in [0.25, 0.3) is 0 Å². The van der Waals surface area contributed by atoms with E-state index in [-0.39, 0.29) is 18.4 Å². The monoisotopic (exact) mass is 226 g/mol. The lowest BCUT2D eigenvalue weighted by molar-refractivity contribution is -0.125. The van der Waals surface area contributed by atoms with E-state index in [0.29, 0.717) is 6.04 Å². The summed E-state index contributed by atoms with van der Waals surface area (Å²) >= 11 is 0. The third-order valence-corrected chi connectivity index (χ3v) is 2.97. The van der Waals surface area contributed by atoms with Gasteiger partial charge < -0.3 is 10.6 Å². The van der Waals surface area contributed by atoms with E-state index < -0.39 is 0 Å². The zero-order chi connectivity index (χ0) is 11.8. The van der Waals surface area contributed by atoms with Crippen molar-refractivity contribution in [3.63, 3.8) is 0 Å². The summed E-state index contributed by atoms with van der Waals surface area (Å²) in [6.07, 6.45) is 8.43. The largest absolute Gasteiger partial charge is 0.352 e. The fraction of sp³-hybridized carbons (Fsp3) is 0.833. The molecule has 0 aromatic heterocycles. The van der Waals surface area contributed by atoms with Gasteiger partial charge in [-0.1, -0.05) is 32.1 Å². The highest BCUT2D eigenvalue weighted by Gasteiger charge is 2.13. The smallest absolute Gasteiger partial charge is 0.239 e. The molecule has 0 saturated heterocycles. The molecule has 1 fully saturated rings. The summed E-state index contributed by atoms with van der Waals surface area (Å²) in [5.41, 5.74) is 0. The van der Waals surface area contributed by atoms with Crippen molar-refractivity contribution in [2.75, 3.05) is 6.54 Å². The van der Waals surface area contributed by atoms with E-state index in [9.17, 15) is 9.59 Å². The molecule has 1 aliphatic carbocycles. The molecule has 16 heavy (non-hydrogen) atoms. The Labute approximate surface area is 97.2 Å². The van der Waals surface area contributed by atoms with E-state index in [4.69, 9.17) is 0 Å². The van der Waals surface area contributed by atoms with Gasteiger partial charge in [0.25, 0.3) is 0 Å². The Hall–Kier alpha value is -1.06. The zero-order valence-electron chi connectivity index (χ0n) is 10.1. The van der Waals surface area contributed by atoms with Gasteiger partial charge in [0.2, 0.25) is 11.8 Å².